The summed E-state index contributed by atoms with van der Waals surface area (Å²) in [6, 6.07) is 7.94. The molecule has 6 heteroatoms. The number of hydrogen-bond donors (Lipinski definition) is 2. The third kappa shape index (κ3) is 2.96. The van der Waals surface area contributed by atoms with Gasteiger partial charge in [0, 0.05) is 5.92 Å². The monoisotopic (exact) mass is 381 g/mol. The highest BCUT2D eigenvalue weighted by molar-refractivity contribution is 5.82. The second kappa shape index (κ2) is 5.97. The van der Waals surface area contributed by atoms with E-state index < -0.39 is 29.6 Å². The van der Waals surface area contributed by atoms with E-state index in [-0.39, 0.29) is 11.3 Å². The number of carbonyl (C=O) groups excluding carboxylic acids is 1. The fourth-order valence-corrected chi connectivity index (χ4v) is 6.63. The minimum Gasteiger partial charge on any atom is -0.389 e. The number of rotatable bonds is 3. The number of carbonyl (C=O) groups is 1. The molecule has 4 fully saturated rings. The molecular weight excluding hydrogens is 355 g/mol. The highest BCUT2D eigenvalue weighted by Gasteiger charge is 2.65. The number of amides is 1. The van der Waals surface area contributed by atoms with Crippen molar-refractivity contribution in [2.75, 3.05) is 0 Å². The summed E-state index contributed by atoms with van der Waals surface area (Å²) < 4.78 is 39.0. The van der Waals surface area contributed by atoms with Gasteiger partial charge >= 0.3 is 12.1 Å². The minimum atomic E-state index is -4.95. The third-order valence-corrected chi connectivity index (χ3v) is 7.60. The summed E-state index contributed by atoms with van der Waals surface area (Å²) >= 11 is 0. The second-order valence-corrected chi connectivity index (χ2v) is 9.28. The summed E-state index contributed by atoms with van der Waals surface area (Å²) in [5.74, 6) is -1.53. The van der Waals surface area contributed by atoms with Crippen LogP contribution in [0.25, 0.3) is 0 Å². The first kappa shape index (κ1) is 18.8. The Morgan fingerprint density at radius 2 is 1.93 bits per heavy atom. The van der Waals surface area contributed by atoms with E-state index in [2.05, 4.69) is 19.2 Å². The van der Waals surface area contributed by atoms with Gasteiger partial charge in [0.2, 0.25) is 0 Å². The Hall–Kier alpha value is -1.56. The van der Waals surface area contributed by atoms with E-state index in [1.165, 1.54) is 0 Å². The minimum absolute atomic E-state index is 0.0202. The number of halogens is 3. The van der Waals surface area contributed by atoms with Crippen molar-refractivity contribution < 1.29 is 23.1 Å². The fraction of sp³-hybridized carbons (Fsp3) is 0.667. The van der Waals surface area contributed by atoms with Gasteiger partial charge in [-0.25, -0.2) is 0 Å². The zero-order valence-corrected chi connectivity index (χ0v) is 15.6. The van der Waals surface area contributed by atoms with E-state index in [0.717, 1.165) is 12.8 Å². The number of nitrogens with one attached hydrogen (secondary N) is 1. The van der Waals surface area contributed by atoms with Gasteiger partial charge in [-0.15, -0.1) is 0 Å². The topological polar surface area (TPSA) is 49.3 Å². The summed E-state index contributed by atoms with van der Waals surface area (Å²) in [4.78, 5) is 11.8. The molecule has 4 aliphatic rings. The van der Waals surface area contributed by atoms with Crippen LogP contribution in [0.2, 0.25) is 0 Å². The number of aliphatic hydroxyl groups is 1. The Kier molecular flexibility index (Phi) is 4.15. The van der Waals surface area contributed by atoms with Gasteiger partial charge in [0.15, 0.2) is 0 Å². The van der Waals surface area contributed by atoms with Crippen LogP contribution in [-0.4, -0.2) is 22.8 Å². The number of hydrogen-bond acceptors (Lipinski definition) is 2. The van der Waals surface area contributed by atoms with Gasteiger partial charge in [0.05, 0.1) is 11.6 Å². The number of alkyl halides is 3. The molecule has 3 unspecified atom stereocenters. The number of benzene rings is 1. The van der Waals surface area contributed by atoms with Crippen molar-refractivity contribution in [1.82, 2.24) is 5.32 Å². The van der Waals surface area contributed by atoms with E-state index in [1.807, 2.05) is 0 Å². The van der Waals surface area contributed by atoms with Gasteiger partial charge in [-0.1, -0.05) is 44.2 Å². The summed E-state index contributed by atoms with van der Waals surface area (Å²) in [6.07, 6.45) is -1.76. The highest BCUT2D eigenvalue weighted by Crippen LogP contribution is 2.68. The molecule has 0 aromatic heterocycles. The summed E-state index contributed by atoms with van der Waals surface area (Å²) in [5, 5.41) is 13.8. The molecule has 7 atom stereocenters. The first-order chi connectivity index (χ1) is 12.5. The zero-order valence-electron chi connectivity index (χ0n) is 15.6. The first-order valence-electron chi connectivity index (χ1n) is 9.68. The van der Waals surface area contributed by atoms with E-state index in [4.69, 9.17) is 0 Å². The molecule has 27 heavy (non-hydrogen) atoms. The molecule has 1 aromatic carbocycles. The van der Waals surface area contributed by atoms with Crippen molar-refractivity contribution in [2.24, 2.45) is 29.1 Å². The van der Waals surface area contributed by atoms with Crippen LogP contribution in [0.1, 0.15) is 51.1 Å². The predicted octanol–water partition coefficient (Wildman–Crippen LogP) is 4.23. The summed E-state index contributed by atoms with van der Waals surface area (Å²) in [5.41, 5.74) is -0.392. The average molecular weight is 381 g/mol. The summed E-state index contributed by atoms with van der Waals surface area (Å²) in [7, 11) is 0. The van der Waals surface area contributed by atoms with E-state index in [1.54, 1.807) is 30.3 Å². The zero-order chi connectivity index (χ0) is 19.6. The van der Waals surface area contributed by atoms with Gasteiger partial charge in [-0.3, -0.25) is 4.79 Å². The predicted molar refractivity (Wildman–Crippen MR) is 94.5 cm³/mol. The normalized spacial score (nSPS) is 41.4. The van der Waals surface area contributed by atoms with Crippen LogP contribution in [0, 0.1) is 29.1 Å². The van der Waals surface area contributed by atoms with Gasteiger partial charge in [-0.05, 0) is 54.4 Å². The molecule has 0 radical (unpaired) electrons. The Balaban J connectivity index is 1.75. The van der Waals surface area contributed by atoms with Crippen molar-refractivity contribution in [3.8, 4) is 0 Å². The Labute approximate surface area is 157 Å². The maximum atomic E-state index is 13.0. The largest absolute Gasteiger partial charge is 0.471 e. The maximum absolute atomic E-state index is 13.0. The van der Waals surface area contributed by atoms with Crippen molar-refractivity contribution in [1.29, 1.82) is 0 Å². The lowest BCUT2D eigenvalue weighted by Gasteiger charge is -2.67. The average Bonchev–Trinajstić information content (AvgIpc) is 2.56. The van der Waals surface area contributed by atoms with Crippen LogP contribution in [-0.2, 0) is 4.79 Å². The molecule has 148 valence electrons. The van der Waals surface area contributed by atoms with Crippen molar-refractivity contribution >= 4 is 5.91 Å². The fourth-order valence-electron chi connectivity index (χ4n) is 6.63. The molecule has 0 heterocycles. The van der Waals surface area contributed by atoms with Gasteiger partial charge in [0.1, 0.15) is 0 Å². The van der Waals surface area contributed by atoms with Crippen LogP contribution in [0.3, 0.4) is 0 Å². The smallest absolute Gasteiger partial charge is 0.389 e. The Morgan fingerprint density at radius 3 is 2.56 bits per heavy atom. The lowest BCUT2D eigenvalue weighted by molar-refractivity contribution is -0.234. The standard InChI is InChI=1S/C21H26F3NO2/c1-12-15-8-13-9-19(12,2)11-20(27,10-13)16(15)17(14-6-4-3-5-7-14)25-18(26)21(22,23)24/h3-7,12-13,15-17,27H,8-11H2,1-2H3,(H,25,26)/t12?,13?,15?,16-,17+,19+,20+/m1/s1. The van der Waals surface area contributed by atoms with Crippen LogP contribution in [0.15, 0.2) is 30.3 Å². The van der Waals surface area contributed by atoms with Crippen LogP contribution in [0.5, 0.6) is 0 Å². The Morgan fingerprint density at radius 1 is 1.26 bits per heavy atom. The van der Waals surface area contributed by atoms with E-state index >= 15 is 0 Å². The molecule has 5 rings (SSSR count). The molecule has 3 nitrogen and oxygen atoms in total. The summed E-state index contributed by atoms with van der Waals surface area (Å²) in [6.45, 7) is 4.36. The molecule has 1 aromatic rings. The quantitative estimate of drug-likeness (QED) is 0.823. The maximum Gasteiger partial charge on any atom is 0.471 e. The SMILES string of the molecule is CC1C2CC3C[C@@]1(C)C[C@@](O)(C3)[C@H]2[C@@H](NC(=O)C(F)(F)F)c1ccccc1. The van der Waals surface area contributed by atoms with Crippen molar-refractivity contribution in [3.05, 3.63) is 35.9 Å². The molecule has 0 spiro atoms. The lowest BCUT2D eigenvalue weighted by atomic mass is 9.40. The molecule has 2 N–H and O–H groups in total. The lowest BCUT2D eigenvalue weighted by Crippen LogP contribution is -2.66. The molecule has 1 amide bonds. The molecule has 0 saturated heterocycles. The molecular formula is C21H26F3NO2. The molecule has 4 aliphatic carbocycles. The molecule has 4 bridgehead atoms. The van der Waals surface area contributed by atoms with Gasteiger partial charge < -0.3 is 10.4 Å². The second-order valence-electron chi connectivity index (χ2n) is 9.28. The molecule has 4 saturated carbocycles. The van der Waals surface area contributed by atoms with Crippen molar-refractivity contribution in [3.63, 3.8) is 0 Å². The third-order valence-electron chi connectivity index (χ3n) is 7.60. The van der Waals surface area contributed by atoms with E-state index in [9.17, 15) is 23.1 Å². The first-order valence-corrected chi connectivity index (χ1v) is 9.68. The van der Waals surface area contributed by atoms with Crippen LogP contribution >= 0.6 is 0 Å². The Bertz CT molecular complexity index is 737. The van der Waals surface area contributed by atoms with E-state index in [0.29, 0.717) is 30.2 Å². The molecule has 0 aliphatic heterocycles. The van der Waals surface area contributed by atoms with Gasteiger partial charge in [-0.2, -0.15) is 13.2 Å². The highest BCUT2D eigenvalue weighted by atomic mass is 19.4. The van der Waals surface area contributed by atoms with Crippen LogP contribution < -0.4 is 5.32 Å². The van der Waals surface area contributed by atoms with Crippen molar-refractivity contribution in [2.45, 2.75) is 57.3 Å². The van der Waals surface area contributed by atoms with Gasteiger partial charge in [0.25, 0.3) is 0 Å². The van der Waals surface area contributed by atoms with Crippen LogP contribution in [0.4, 0.5) is 13.2 Å².